The van der Waals surface area contributed by atoms with E-state index in [0.29, 0.717) is 54.7 Å². The van der Waals surface area contributed by atoms with Gasteiger partial charge in [-0.2, -0.15) is 0 Å². The predicted molar refractivity (Wildman–Crippen MR) is 130 cm³/mol. The van der Waals surface area contributed by atoms with Crippen molar-refractivity contribution in [1.29, 1.82) is 0 Å². The number of amides is 2. The quantitative estimate of drug-likeness (QED) is 0.388. The first-order valence-electron chi connectivity index (χ1n) is 11.1. The van der Waals surface area contributed by atoms with E-state index in [9.17, 15) is 9.59 Å². The second-order valence-corrected chi connectivity index (χ2v) is 11.6. The fourth-order valence-corrected chi connectivity index (χ4v) is 5.49. The van der Waals surface area contributed by atoms with E-state index in [0.717, 1.165) is 0 Å². The highest BCUT2D eigenvalue weighted by Gasteiger charge is 2.40. The van der Waals surface area contributed by atoms with Crippen molar-refractivity contribution in [2.75, 3.05) is 26.4 Å². The number of nitrogens with zero attached hydrogens (tertiary/aromatic N) is 1. The minimum Gasteiger partial charge on any atom is -0.479 e. The molecule has 0 saturated carbocycles. The van der Waals surface area contributed by atoms with E-state index < -0.39 is 0 Å². The maximum absolute atomic E-state index is 12.8. The average molecular weight is 480 g/mol. The van der Waals surface area contributed by atoms with E-state index in [1.807, 2.05) is 6.92 Å². The van der Waals surface area contributed by atoms with E-state index in [1.165, 1.54) is 16.7 Å². The van der Waals surface area contributed by atoms with Crippen molar-refractivity contribution in [3.63, 3.8) is 0 Å². The van der Waals surface area contributed by atoms with Crippen LogP contribution in [-0.2, 0) is 14.2 Å². The summed E-state index contributed by atoms with van der Waals surface area (Å²) in [7, 11) is 0. The molecular formula is C24H33NO5S2. The highest BCUT2D eigenvalue weighted by atomic mass is 32.2. The molecule has 0 aliphatic carbocycles. The van der Waals surface area contributed by atoms with Crippen LogP contribution >= 0.6 is 24.0 Å². The number of carbonyl (C=O) groups excluding carboxylic acids is 2. The smallest absolute Gasteiger partial charge is 0.261 e. The third kappa shape index (κ3) is 5.90. The first-order valence-corrected chi connectivity index (χ1v) is 12.3. The van der Waals surface area contributed by atoms with Gasteiger partial charge < -0.3 is 14.2 Å². The highest BCUT2D eigenvalue weighted by molar-refractivity contribution is 8.23. The zero-order valence-electron chi connectivity index (χ0n) is 19.5. The van der Waals surface area contributed by atoms with Crippen molar-refractivity contribution in [3.05, 3.63) is 35.4 Å². The maximum Gasteiger partial charge on any atom is 0.261 e. The Labute approximate surface area is 200 Å². The van der Waals surface area contributed by atoms with Gasteiger partial charge in [-0.05, 0) is 43.1 Å². The summed E-state index contributed by atoms with van der Waals surface area (Å²) in [6.07, 6.45) is 0.979. The summed E-state index contributed by atoms with van der Waals surface area (Å²) in [6.45, 7) is 12.6. The molecule has 0 bridgehead atoms. The molecule has 3 rings (SSSR count). The summed E-state index contributed by atoms with van der Waals surface area (Å²) in [5.41, 5.74) is 0.711. The summed E-state index contributed by atoms with van der Waals surface area (Å²) in [6, 6.07) is 6.97. The van der Waals surface area contributed by atoms with Gasteiger partial charge in [0.2, 0.25) is 4.38 Å². The van der Waals surface area contributed by atoms with E-state index in [1.54, 1.807) is 24.3 Å². The van der Waals surface area contributed by atoms with Crippen LogP contribution in [-0.4, -0.2) is 59.0 Å². The summed E-state index contributed by atoms with van der Waals surface area (Å²) in [5, 5.41) is 0.00741. The molecule has 2 aliphatic rings. The molecule has 2 aliphatic heterocycles. The Hall–Kier alpha value is -1.48. The van der Waals surface area contributed by atoms with Crippen LogP contribution in [0.25, 0.3) is 0 Å². The molecule has 2 amide bonds. The standard InChI is InChI=1S/C24H33NO5S2/c1-6-28-22(31)32-18(24(4,5)13-19-29-14-23(2,3)15-30-19)11-12-25-20(26)16-9-7-8-10-17(16)21(25)27/h7-10,18-19H,6,11-15H2,1-5H3. The van der Waals surface area contributed by atoms with Gasteiger partial charge in [0, 0.05) is 23.6 Å². The van der Waals surface area contributed by atoms with Crippen LogP contribution in [0.2, 0.25) is 0 Å². The molecule has 2 heterocycles. The number of carbonyl (C=O) groups is 2. The number of benzene rings is 1. The first kappa shape index (κ1) is 25.1. The molecule has 1 aromatic carbocycles. The van der Waals surface area contributed by atoms with Gasteiger partial charge in [0.25, 0.3) is 11.8 Å². The second-order valence-electron chi connectivity index (χ2n) is 9.79. The molecule has 0 N–H and O–H groups in total. The van der Waals surface area contributed by atoms with Gasteiger partial charge in [-0.1, -0.05) is 51.6 Å². The van der Waals surface area contributed by atoms with Gasteiger partial charge in [0.1, 0.15) is 0 Å². The van der Waals surface area contributed by atoms with Gasteiger partial charge >= 0.3 is 0 Å². The monoisotopic (exact) mass is 479 g/mol. The molecule has 6 nitrogen and oxygen atoms in total. The SMILES string of the molecule is CCOC(=S)SC(CCN1C(=O)c2ccccc2C1=O)C(C)(C)CC1OCC(C)(C)CO1. The zero-order valence-corrected chi connectivity index (χ0v) is 21.1. The Balaban J connectivity index is 1.69. The largest absolute Gasteiger partial charge is 0.479 e. The molecule has 1 atom stereocenters. The van der Waals surface area contributed by atoms with Gasteiger partial charge in [0.05, 0.1) is 30.9 Å². The number of thiocarbonyl (C=S) groups is 1. The lowest BCUT2D eigenvalue weighted by molar-refractivity contribution is -0.232. The number of imide groups is 1. The van der Waals surface area contributed by atoms with Crippen LogP contribution in [0.4, 0.5) is 0 Å². The highest BCUT2D eigenvalue weighted by Crippen LogP contribution is 2.40. The fraction of sp³-hybridized carbons (Fsp3) is 0.625. The molecule has 0 aromatic heterocycles. The van der Waals surface area contributed by atoms with Crippen LogP contribution < -0.4 is 0 Å². The number of ether oxygens (including phenoxy) is 3. The molecule has 32 heavy (non-hydrogen) atoms. The molecule has 176 valence electrons. The van der Waals surface area contributed by atoms with Crippen LogP contribution in [0.15, 0.2) is 24.3 Å². The Morgan fingerprint density at radius 2 is 1.78 bits per heavy atom. The molecular weight excluding hydrogens is 446 g/mol. The van der Waals surface area contributed by atoms with E-state index in [4.69, 9.17) is 26.4 Å². The summed E-state index contributed by atoms with van der Waals surface area (Å²) >= 11 is 6.90. The lowest BCUT2D eigenvalue weighted by Gasteiger charge is -2.41. The predicted octanol–water partition coefficient (Wildman–Crippen LogP) is 4.91. The van der Waals surface area contributed by atoms with E-state index in [-0.39, 0.29) is 34.2 Å². The number of hydrogen-bond acceptors (Lipinski definition) is 7. The molecule has 0 spiro atoms. The van der Waals surface area contributed by atoms with Crippen LogP contribution in [0.3, 0.4) is 0 Å². The number of rotatable bonds is 8. The molecule has 1 fully saturated rings. The Morgan fingerprint density at radius 3 is 2.31 bits per heavy atom. The van der Waals surface area contributed by atoms with Crippen molar-refractivity contribution in [1.82, 2.24) is 4.90 Å². The molecule has 8 heteroatoms. The van der Waals surface area contributed by atoms with Gasteiger partial charge in [-0.3, -0.25) is 14.5 Å². The number of fused-ring (bicyclic) bond motifs is 1. The summed E-state index contributed by atoms with van der Waals surface area (Å²) < 4.78 is 17.9. The first-order chi connectivity index (χ1) is 15.0. The topological polar surface area (TPSA) is 65.1 Å². The summed E-state index contributed by atoms with van der Waals surface area (Å²) in [4.78, 5) is 26.9. The fourth-order valence-electron chi connectivity index (χ4n) is 3.97. The normalized spacial score (nSPS) is 19.7. The zero-order chi connectivity index (χ0) is 23.5. The van der Waals surface area contributed by atoms with Crippen molar-refractivity contribution >= 4 is 40.2 Å². The molecule has 0 radical (unpaired) electrons. The Kier molecular flexibility index (Phi) is 8.02. The maximum atomic E-state index is 12.8. The molecule has 1 unspecified atom stereocenters. The van der Waals surface area contributed by atoms with Gasteiger partial charge in [-0.25, -0.2) is 0 Å². The van der Waals surface area contributed by atoms with Crippen molar-refractivity contribution in [2.45, 2.75) is 59.0 Å². The van der Waals surface area contributed by atoms with E-state index in [2.05, 4.69) is 27.7 Å². The second kappa shape index (κ2) is 10.2. The molecule has 1 aromatic rings. The van der Waals surface area contributed by atoms with Gasteiger partial charge in [0.15, 0.2) is 6.29 Å². The minimum atomic E-state index is -0.291. The lowest BCUT2D eigenvalue weighted by atomic mass is 9.83. The molecule has 1 saturated heterocycles. The Morgan fingerprint density at radius 1 is 1.22 bits per heavy atom. The number of hydrogen-bond donors (Lipinski definition) is 0. The van der Waals surface area contributed by atoms with Crippen molar-refractivity contribution < 1.29 is 23.8 Å². The van der Waals surface area contributed by atoms with Crippen LogP contribution in [0, 0.1) is 10.8 Å². The summed E-state index contributed by atoms with van der Waals surface area (Å²) in [5.74, 6) is -0.471. The average Bonchev–Trinajstić information content (AvgIpc) is 2.97. The third-order valence-corrected chi connectivity index (χ3v) is 7.75. The van der Waals surface area contributed by atoms with Crippen molar-refractivity contribution in [3.8, 4) is 0 Å². The van der Waals surface area contributed by atoms with Crippen LogP contribution in [0.1, 0.15) is 68.2 Å². The van der Waals surface area contributed by atoms with Crippen molar-refractivity contribution in [2.24, 2.45) is 10.8 Å². The Bertz CT molecular complexity index is 825. The third-order valence-electron chi connectivity index (χ3n) is 5.88. The number of thioether (sulfide) groups is 1. The van der Waals surface area contributed by atoms with E-state index >= 15 is 0 Å². The lowest BCUT2D eigenvalue weighted by Crippen LogP contribution is -2.42. The van der Waals surface area contributed by atoms with Crippen LogP contribution in [0.5, 0.6) is 0 Å². The van der Waals surface area contributed by atoms with Gasteiger partial charge in [-0.15, -0.1) is 0 Å². The minimum absolute atomic E-state index is 0.00741.